The van der Waals surface area contributed by atoms with Crippen molar-refractivity contribution in [2.45, 2.75) is 19.3 Å². The highest BCUT2D eigenvalue weighted by atomic mass is 15.1. The summed E-state index contributed by atoms with van der Waals surface area (Å²) in [6.45, 7) is 4.47. The first kappa shape index (κ1) is 37.1. The molecule has 0 bridgehead atoms. The largest absolute Gasteiger partial charge is 0.310 e. The Kier molecular flexibility index (Phi) is 8.85. The zero-order valence-electron chi connectivity index (χ0n) is 42.9. The van der Waals surface area contributed by atoms with Crippen molar-refractivity contribution in [2.75, 3.05) is 9.80 Å². The molecule has 332 valence electrons. The maximum Gasteiger partial charge on any atom is 0.0645 e. The third-order valence-corrected chi connectivity index (χ3v) is 14.2. The lowest BCUT2D eigenvalue weighted by molar-refractivity contribution is 0.660. The number of rotatable bonds is 9. The first-order chi connectivity index (χ1) is 36.1. The molecule has 1 aliphatic carbocycles. The first-order valence-corrected chi connectivity index (χ1v) is 23.9. The molecule has 0 fully saturated rings. The number of fused-ring (bicyclic) bond motifs is 7. The van der Waals surface area contributed by atoms with Crippen LogP contribution in [0.25, 0.3) is 71.6 Å². The maximum atomic E-state index is 9.65. The van der Waals surface area contributed by atoms with Gasteiger partial charge in [0.25, 0.3) is 0 Å². The average molecular weight is 900 g/mol. The molecule has 1 heterocycles. The molecular weight excluding hydrogens is 847 g/mol. The van der Waals surface area contributed by atoms with Gasteiger partial charge in [-0.15, -0.1) is 0 Å². The number of hydrogen-bond donors (Lipinski definition) is 0. The fourth-order valence-corrected chi connectivity index (χ4v) is 10.7. The highest BCUT2D eigenvalue weighted by Crippen LogP contribution is 2.51. The Morgan fingerprint density at radius 3 is 1.67 bits per heavy atom. The lowest BCUT2D eigenvalue weighted by Crippen LogP contribution is -2.16. The molecule has 70 heavy (non-hydrogen) atoms. The Bertz CT molecular complexity index is 4120. The number of hydrogen-bond acceptors (Lipinski definition) is 2. The van der Waals surface area contributed by atoms with Gasteiger partial charge in [0.1, 0.15) is 0 Å². The molecule has 1 aromatic heterocycles. The molecule has 12 aromatic rings. The zero-order valence-corrected chi connectivity index (χ0v) is 38.9. The van der Waals surface area contributed by atoms with Gasteiger partial charge in [-0.25, -0.2) is 0 Å². The molecule has 3 nitrogen and oxygen atoms in total. The summed E-state index contributed by atoms with van der Waals surface area (Å²) in [5.74, 6) is 0. The zero-order chi connectivity index (χ0) is 50.2. The van der Waals surface area contributed by atoms with Crippen molar-refractivity contribution >= 4 is 66.7 Å². The number of para-hydroxylation sites is 3. The van der Waals surface area contributed by atoms with Gasteiger partial charge in [-0.3, -0.25) is 0 Å². The minimum absolute atomic E-state index is 0.0964. The second kappa shape index (κ2) is 16.7. The molecule has 0 radical (unpaired) electrons. The molecule has 0 saturated heterocycles. The summed E-state index contributed by atoms with van der Waals surface area (Å²) in [4.78, 5) is 4.18. The van der Waals surface area contributed by atoms with E-state index in [1.807, 2.05) is 71.6 Å². The molecule has 11 aromatic carbocycles. The van der Waals surface area contributed by atoms with E-state index in [-0.39, 0.29) is 40.8 Å². The Balaban J connectivity index is 0.909. The van der Waals surface area contributed by atoms with Gasteiger partial charge in [-0.2, -0.15) is 0 Å². The van der Waals surface area contributed by atoms with Gasteiger partial charge >= 0.3 is 0 Å². The van der Waals surface area contributed by atoms with Crippen LogP contribution in [0.2, 0.25) is 0 Å². The van der Waals surface area contributed by atoms with Crippen LogP contribution >= 0.6 is 0 Å². The second-order valence-electron chi connectivity index (χ2n) is 18.7. The fraction of sp³-hybridized carbons (Fsp3) is 0.0448. The number of anilines is 6. The highest BCUT2D eigenvalue weighted by molar-refractivity contribution is 6.11. The van der Waals surface area contributed by atoms with Crippen molar-refractivity contribution in [3.63, 3.8) is 0 Å². The van der Waals surface area contributed by atoms with Crippen LogP contribution in [0, 0.1) is 0 Å². The van der Waals surface area contributed by atoms with Crippen LogP contribution in [0.5, 0.6) is 0 Å². The minimum Gasteiger partial charge on any atom is -0.310 e. The van der Waals surface area contributed by atoms with Crippen molar-refractivity contribution in [2.24, 2.45) is 0 Å². The van der Waals surface area contributed by atoms with Gasteiger partial charge in [0.05, 0.1) is 16.5 Å². The van der Waals surface area contributed by atoms with Crippen molar-refractivity contribution < 1.29 is 5.48 Å². The summed E-state index contributed by atoms with van der Waals surface area (Å²) < 4.78 is 40.8. The normalized spacial score (nSPS) is 13.3. The predicted molar refractivity (Wildman–Crippen MR) is 296 cm³/mol. The van der Waals surface area contributed by atoms with Gasteiger partial charge in [-0.05, 0) is 158 Å². The van der Waals surface area contributed by atoms with Crippen LogP contribution in [-0.4, -0.2) is 4.57 Å². The van der Waals surface area contributed by atoms with E-state index in [4.69, 9.17) is 0 Å². The molecule has 3 heteroatoms. The van der Waals surface area contributed by atoms with Crippen LogP contribution in [0.3, 0.4) is 0 Å². The first-order valence-electron chi connectivity index (χ1n) is 25.9. The molecule has 0 N–H and O–H groups in total. The Hall–Kier alpha value is -8.92. The molecule has 0 saturated carbocycles. The minimum atomic E-state index is -0.272. The van der Waals surface area contributed by atoms with E-state index in [0.29, 0.717) is 5.56 Å². The van der Waals surface area contributed by atoms with Gasteiger partial charge < -0.3 is 14.4 Å². The fourth-order valence-electron chi connectivity index (χ4n) is 10.7. The van der Waals surface area contributed by atoms with Crippen LogP contribution in [-0.2, 0) is 5.41 Å². The topological polar surface area (TPSA) is 11.4 Å². The number of aromatic nitrogens is 1. The Morgan fingerprint density at radius 1 is 0.343 bits per heavy atom. The molecule has 0 unspecified atom stereocenters. The van der Waals surface area contributed by atoms with Crippen LogP contribution in [0.15, 0.2) is 261 Å². The summed E-state index contributed by atoms with van der Waals surface area (Å²) in [5, 5.41) is 4.22. The number of nitrogens with zero attached hydrogens (tertiary/aromatic N) is 3. The summed E-state index contributed by atoms with van der Waals surface area (Å²) in [7, 11) is 0. The SMILES string of the molecule is [2H]c1c([2H])c(N(c2ccccc2)c2ccc3c(c2)C(C)(C)c2ccccc2-3)c([2H])c([2H])c1-c1ccc2cc(N(c3ccc(-c4ccccc4)cc3)c3ccc4c(c3)c3ccccc3n4-c3ccccc3)ccc2c1. The third-order valence-electron chi connectivity index (χ3n) is 14.2. The monoisotopic (exact) mass is 899 g/mol. The van der Waals surface area contributed by atoms with E-state index in [1.54, 1.807) is 0 Å². The maximum absolute atomic E-state index is 9.65. The summed E-state index contributed by atoms with van der Waals surface area (Å²) in [5.41, 5.74) is 15.8. The highest BCUT2D eigenvalue weighted by Gasteiger charge is 2.35. The van der Waals surface area contributed by atoms with E-state index in [0.717, 1.165) is 83.6 Å². The quantitative estimate of drug-likeness (QED) is 0.143. The van der Waals surface area contributed by atoms with E-state index in [1.165, 1.54) is 16.5 Å². The Morgan fingerprint density at radius 2 is 0.871 bits per heavy atom. The third kappa shape index (κ3) is 6.97. The molecule has 0 atom stereocenters. The lowest BCUT2D eigenvalue weighted by Gasteiger charge is -2.28. The lowest BCUT2D eigenvalue weighted by atomic mass is 9.82. The number of benzene rings is 11. The molecule has 1 aliphatic rings. The van der Waals surface area contributed by atoms with Gasteiger partial charge in [0.15, 0.2) is 0 Å². The van der Waals surface area contributed by atoms with Gasteiger partial charge in [0.2, 0.25) is 0 Å². The summed E-state index contributed by atoms with van der Waals surface area (Å²) >= 11 is 0. The van der Waals surface area contributed by atoms with Crippen LogP contribution in [0.1, 0.15) is 30.5 Å². The molecule has 13 rings (SSSR count). The van der Waals surface area contributed by atoms with E-state index >= 15 is 0 Å². The van der Waals surface area contributed by atoms with E-state index in [2.05, 4.69) is 193 Å². The smallest absolute Gasteiger partial charge is 0.0645 e. The standard InChI is InChI=1S/C67H49N3/c1-67(2)63-24-14-12-22-59(63)60-40-38-58(45-64(60)67)68(52-18-8-4-9-19-52)54-35-30-48(31-36-54)49-26-27-51-43-56(37-32-50(51)42-49)69(55-33-28-47(29-34-55)46-16-6-3-7-17-46)57-39-41-66-62(44-57)61-23-13-15-25-65(61)70(66)53-20-10-5-11-21-53/h3-45H,1-2H3/i30D,31D,35D,36D. The molecule has 0 aliphatic heterocycles. The van der Waals surface area contributed by atoms with Gasteiger partial charge in [-0.1, -0.05) is 172 Å². The molecule has 0 amide bonds. The van der Waals surface area contributed by atoms with E-state index < -0.39 is 0 Å². The van der Waals surface area contributed by atoms with Gasteiger partial charge in [0, 0.05) is 56.0 Å². The van der Waals surface area contributed by atoms with Crippen molar-refractivity contribution in [3.8, 4) is 39.1 Å². The second-order valence-corrected chi connectivity index (χ2v) is 18.7. The van der Waals surface area contributed by atoms with E-state index in [9.17, 15) is 5.48 Å². The van der Waals surface area contributed by atoms with Crippen molar-refractivity contribution in [3.05, 3.63) is 272 Å². The molecule has 0 spiro atoms. The summed E-state index contributed by atoms with van der Waals surface area (Å²) in [6.07, 6.45) is 0. The average Bonchev–Trinajstić information content (AvgIpc) is 3.90. The van der Waals surface area contributed by atoms with Crippen LogP contribution in [0.4, 0.5) is 34.1 Å². The van der Waals surface area contributed by atoms with Crippen LogP contribution < -0.4 is 9.80 Å². The molecular formula is C67H49N3. The predicted octanol–water partition coefficient (Wildman–Crippen LogP) is 18.5. The van der Waals surface area contributed by atoms with Crippen molar-refractivity contribution in [1.29, 1.82) is 0 Å². The van der Waals surface area contributed by atoms with Crippen molar-refractivity contribution in [1.82, 2.24) is 4.57 Å². The Labute approximate surface area is 415 Å². The summed E-state index contributed by atoms with van der Waals surface area (Å²) in [6, 6.07) is 81.5.